The standard InChI is InChI=1S/C9H15NO4/c11-8(12)7-5-13-6-9(14-7)1-3-10-4-2-9/h7,10H,1-6H2,(H,11,12). The van der Waals surface area contributed by atoms with Crippen molar-refractivity contribution >= 4 is 5.97 Å². The zero-order chi connectivity index (χ0) is 10.0. The second-order valence-corrected chi connectivity index (χ2v) is 3.89. The Balaban J connectivity index is 2.01. The predicted molar refractivity (Wildman–Crippen MR) is 48.2 cm³/mol. The largest absolute Gasteiger partial charge is 0.479 e. The van der Waals surface area contributed by atoms with Gasteiger partial charge in [-0.2, -0.15) is 0 Å². The van der Waals surface area contributed by atoms with Gasteiger partial charge in [-0.05, 0) is 25.9 Å². The third kappa shape index (κ3) is 1.89. The number of hydrogen-bond donors (Lipinski definition) is 2. The average molecular weight is 201 g/mol. The molecule has 2 rings (SSSR count). The molecule has 2 aliphatic heterocycles. The molecule has 0 aromatic carbocycles. The van der Waals surface area contributed by atoms with Gasteiger partial charge in [0.25, 0.3) is 0 Å². The fraction of sp³-hybridized carbons (Fsp3) is 0.889. The summed E-state index contributed by atoms with van der Waals surface area (Å²) in [6, 6.07) is 0. The summed E-state index contributed by atoms with van der Waals surface area (Å²) in [5, 5.41) is 12.0. The van der Waals surface area contributed by atoms with E-state index < -0.39 is 12.1 Å². The number of rotatable bonds is 1. The van der Waals surface area contributed by atoms with Gasteiger partial charge in [-0.15, -0.1) is 0 Å². The van der Waals surface area contributed by atoms with Crippen LogP contribution in [0.2, 0.25) is 0 Å². The van der Waals surface area contributed by atoms with E-state index in [1.165, 1.54) is 0 Å². The summed E-state index contributed by atoms with van der Waals surface area (Å²) in [4.78, 5) is 10.8. The van der Waals surface area contributed by atoms with E-state index in [1.54, 1.807) is 0 Å². The molecule has 0 bridgehead atoms. The van der Waals surface area contributed by atoms with Crippen molar-refractivity contribution in [3.63, 3.8) is 0 Å². The lowest BCUT2D eigenvalue weighted by Crippen LogP contribution is -2.54. The molecule has 14 heavy (non-hydrogen) atoms. The van der Waals surface area contributed by atoms with E-state index in [4.69, 9.17) is 14.6 Å². The number of hydrogen-bond acceptors (Lipinski definition) is 4. The van der Waals surface area contributed by atoms with E-state index in [-0.39, 0.29) is 12.2 Å². The van der Waals surface area contributed by atoms with Gasteiger partial charge in [0.15, 0.2) is 6.10 Å². The minimum atomic E-state index is -0.928. The van der Waals surface area contributed by atoms with Crippen LogP contribution in [0.25, 0.3) is 0 Å². The van der Waals surface area contributed by atoms with E-state index >= 15 is 0 Å². The van der Waals surface area contributed by atoms with E-state index in [2.05, 4.69) is 5.32 Å². The number of piperidine rings is 1. The van der Waals surface area contributed by atoms with Crippen molar-refractivity contribution in [3.8, 4) is 0 Å². The first-order valence-corrected chi connectivity index (χ1v) is 4.91. The van der Waals surface area contributed by atoms with Crippen LogP contribution >= 0.6 is 0 Å². The van der Waals surface area contributed by atoms with Crippen LogP contribution in [0.15, 0.2) is 0 Å². The summed E-state index contributed by atoms with van der Waals surface area (Å²) in [7, 11) is 0. The summed E-state index contributed by atoms with van der Waals surface area (Å²) in [5.74, 6) is -0.928. The second kappa shape index (κ2) is 3.84. The maximum absolute atomic E-state index is 10.8. The topological polar surface area (TPSA) is 67.8 Å². The lowest BCUT2D eigenvalue weighted by atomic mass is 9.92. The lowest BCUT2D eigenvalue weighted by molar-refractivity contribution is -0.217. The van der Waals surface area contributed by atoms with Crippen molar-refractivity contribution in [2.24, 2.45) is 0 Å². The molecule has 5 nitrogen and oxygen atoms in total. The van der Waals surface area contributed by atoms with Gasteiger partial charge in [0.05, 0.1) is 18.8 Å². The Morgan fingerprint density at radius 3 is 2.79 bits per heavy atom. The van der Waals surface area contributed by atoms with Crippen LogP contribution in [0.5, 0.6) is 0 Å². The molecule has 2 heterocycles. The van der Waals surface area contributed by atoms with Gasteiger partial charge in [-0.1, -0.05) is 0 Å². The Kier molecular flexibility index (Phi) is 2.71. The number of carboxylic acids is 1. The molecule has 0 aromatic rings. The van der Waals surface area contributed by atoms with Crippen molar-refractivity contribution in [3.05, 3.63) is 0 Å². The molecule has 1 unspecified atom stereocenters. The van der Waals surface area contributed by atoms with Gasteiger partial charge in [-0.3, -0.25) is 0 Å². The second-order valence-electron chi connectivity index (χ2n) is 3.89. The third-order valence-corrected chi connectivity index (χ3v) is 2.82. The molecular formula is C9H15NO4. The first-order valence-electron chi connectivity index (χ1n) is 4.91. The predicted octanol–water partition coefficient (Wildman–Crippen LogP) is -0.391. The SMILES string of the molecule is O=C(O)C1COCC2(CCNCC2)O1. The van der Waals surface area contributed by atoms with Crippen LogP contribution in [0.3, 0.4) is 0 Å². The monoisotopic (exact) mass is 201 g/mol. The highest BCUT2D eigenvalue weighted by atomic mass is 16.6. The summed E-state index contributed by atoms with van der Waals surface area (Å²) < 4.78 is 10.9. The zero-order valence-corrected chi connectivity index (χ0v) is 7.99. The van der Waals surface area contributed by atoms with Gasteiger partial charge >= 0.3 is 5.97 Å². The van der Waals surface area contributed by atoms with E-state index in [0.29, 0.717) is 6.61 Å². The van der Waals surface area contributed by atoms with Crippen LogP contribution in [-0.4, -0.2) is 49.1 Å². The summed E-state index contributed by atoms with van der Waals surface area (Å²) in [5.41, 5.74) is -0.355. The van der Waals surface area contributed by atoms with Crippen molar-refractivity contribution in [1.82, 2.24) is 5.32 Å². The molecule has 2 N–H and O–H groups in total. The maximum Gasteiger partial charge on any atom is 0.335 e. The molecule has 2 fully saturated rings. The van der Waals surface area contributed by atoms with E-state index in [9.17, 15) is 4.79 Å². The Labute approximate surface area is 82.4 Å². The number of nitrogens with one attached hydrogen (secondary N) is 1. The maximum atomic E-state index is 10.8. The average Bonchev–Trinajstić information content (AvgIpc) is 2.19. The highest BCUT2D eigenvalue weighted by Crippen LogP contribution is 2.28. The molecule has 80 valence electrons. The Hall–Kier alpha value is -0.650. The Morgan fingerprint density at radius 2 is 2.14 bits per heavy atom. The van der Waals surface area contributed by atoms with Crippen LogP contribution in [-0.2, 0) is 14.3 Å². The number of carboxylic acid groups (broad SMARTS) is 1. The lowest BCUT2D eigenvalue weighted by Gasteiger charge is -2.42. The van der Waals surface area contributed by atoms with Gasteiger partial charge < -0.3 is 19.9 Å². The van der Waals surface area contributed by atoms with Crippen LogP contribution in [0.4, 0.5) is 0 Å². The van der Waals surface area contributed by atoms with Gasteiger partial charge in [0, 0.05) is 0 Å². The fourth-order valence-corrected chi connectivity index (χ4v) is 1.99. The highest BCUT2D eigenvalue weighted by Gasteiger charge is 2.41. The normalized spacial score (nSPS) is 31.6. The third-order valence-electron chi connectivity index (χ3n) is 2.82. The number of carbonyl (C=O) groups is 1. The van der Waals surface area contributed by atoms with Gasteiger partial charge in [0.2, 0.25) is 0 Å². The molecule has 2 aliphatic rings. The van der Waals surface area contributed by atoms with Crippen molar-refractivity contribution in [2.75, 3.05) is 26.3 Å². The Bertz CT molecular complexity index is 219. The van der Waals surface area contributed by atoms with Crippen LogP contribution < -0.4 is 5.32 Å². The minimum absolute atomic E-state index is 0.171. The van der Waals surface area contributed by atoms with Crippen LogP contribution in [0, 0.1) is 0 Å². The van der Waals surface area contributed by atoms with Crippen molar-refractivity contribution in [2.45, 2.75) is 24.5 Å². The molecule has 2 saturated heterocycles. The molecule has 0 aliphatic carbocycles. The molecule has 1 spiro atoms. The fourth-order valence-electron chi connectivity index (χ4n) is 1.99. The van der Waals surface area contributed by atoms with Gasteiger partial charge in [-0.25, -0.2) is 4.79 Å². The van der Waals surface area contributed by atoms with Crippen molar-refractivity contribution < 1.29 is 19.4 Å². The first kappa shape index (κ1) is 9.89. The first-order chi connectivity index (χ1) is 6.72. The number of aliphatic carboxylic acids is 1. The molecule has 0 amide bonds. The summed E-state index contributed by atoms with van der Waals surface area (Å²) in [6.07, 6.45) is 0.870. The Morgan fingerprint density at radius 1 is 1.43 bits per heavy atom. The van der Waals surface area contributed by atoms with Gasteiger partial charge in [0.1, 0.15) is 0 Å². The molecular weight excluding hydrogens is 186 g/mol. The highest BCUT2D eigenvalue weighted by molar-refractivity contribution is 5.72. The van der Waals surface area contributed by atoms with E-state index in [1.807, 2.05) is 0 Å². The van der Waals surface area contributed by atoms with E-state index in [0.717, 1.165) is 25.9 Å². The molecule has 0 saturated carbocycles. The quantitative estimate of drug-likeness (QED) is 0.604. The van der Waals surface area contributed by atoms with Crippen molar-refractivity contribution in [1.29, 1.82) is 0 Å². The summed E-state index contributed by atoms with van der Waals surface area (Å²) >= 11 is 0. The van der Waals surface area contributed by atoms with Crippen LogP contribution in [0.1, 0.15) is 12.8 Å². The molecule has 0 radical (unpaired) electrons. The zero-order valence-electron chi connectivity index (χ0n) is 7.99. The molecule has 1 atom stereocenters. The summed E-state index contributed by atoms with van der Waals surface area (Å²) in [6.45, 7) is 2.44. The molecule has 0 aromatic heterocycles. The minimum Gasteiger partial charge on any atom is -0.479 e. The smallest absolute Gasteiger partial charge is 0.335 e. The number of ether oxygens (including phenoxy) is 2. The molecule has 5 heteroatoms.